The quantitative estimate of drug-likeness (QED) is 0.742. The molecule has 0 heterocycles. The van der Waals surface area contributed by atoms with E-state index in [1.54, 1.807) is 62.4 Å². The lowest BCUT2D eigenvalue weighted by Gasteiger charge is -2.22. The highest BCUT2D eigenvalue weighted by Gasteiger charge is 2.19. The summed E-state index contributed by atoms with van der Waals surface area (Å²) in [7, 11) is -3.34. The molecule has 0 aliphatic rings. The number of benzene rings is 2. The summed E-state index contributed by atoms with van der Waals surface area (Å²) in [6, 6.07) is 13.7. The zero-order valence-electron chi connectivity index (χ0n) is 16.1. The van der Waals surface area contributed by atoms with E-state index in [2.05, 4.69) is 5.32 Å². The molecule has 0 aliphatic heterocycles. The van der Waals surface area contributed by atoms with Crippen molar-refractivity contribution in [3.05, 3.63) is 54.1 Å². The number of hydrogen-bond donors (Lipinski definition) is 1. The largest absolute Gasteiger partial charge is 0.491 e. The van der Waals surface area contributed by atoms with Gasteiger partial charge in [0.25, 0.3) is 5.91 Å². The predicted molar refractivity (Wildman–Crippen MR) is 109 cm³/mol. The number of hydrogen-bond acceptors (Lipinski definition) is 4. The van der Waals surface area contributed by atoms with Crippen LogP contribution in [0.3, 0.4) is 0 Å². The maximum atomic E-state index is 12.4. The van der Waals surface area contributed by atoms with Gasteiger partial charge in [-0.1, -0.05) is 0 Å². The molecular formula is C20H26N2O4S. The lowest BCUT2D eigenvalue weighted by molar-refractivity contribution is 0.102. The number of anilines is 2. The topological polar surface area (TPSA) is 75.7 Å². The van der Waals surface area contributed by atoms with Crippen LogP contribution < -0.4 is 14.4 Å². The van der Waals surface area contributed by atoms with Gasteiger partial charge in [0.2, 0.25) is 10.0 Å². The highest BCUT2D eigenvalue weighted by Crippen LogP contribution is 2.21. The minimum atomic E-state index is -3.34. The van der Waals surface area contributed by atoms with Crippen molar-refractivity contribution in [1.82, 2.24) is 0 Å². The summed E-state index contributed by atoms with van der Waals surface area (Å²) >= 11 is 0. The number of nitrogens with one attached hydrogen (secondary N) is 1. The molecule has 0 saturated heterocycles. The van der Waals surface area contributed by atoms with Gasteiger partial charge in [-0.2, -0.15) is 0 Å². The molecule has 2 aromatic rings. The minimum Gasteiger partial charge on any atom is -0.491 e. The van der Waals surface area contributed by atoms with E-state index in [1.165, 1.54) is 4.31 Å². The average molecular weight is 391 g/mol. The van der Waals surface area contributed by atoms with Crippen LogP contribution in [0.2, 0.25) is 0 Å². The number of amides is 1. The van der Waals surface area contributed by atoms with Gasteiger partial charge in [0, 0.05) is 17.8 Å². The fraction of sp³-hybridized carbons (Fsp3) is 0.350. The first kappa shape index (κ1) is 20.8. The van der Waals surface area contributed by atoms with Crippen molar-refractivity contribution in [3.8, 4) is 5.75 Å². The van der Waals surface area contributed by atoms with Gasteiger partial charge in [-0.15, -0.1) is 0 Å². The molecule has 0 unspecified atom stereocenters. The van der Waals surface area contributed by atoms with Crippen molar-refractivity contribution in [2.75, 3.05) is 21.9 Å². The first-order valence-electron chi connectivity index (χ1n) is 8.95. The molecule has 0 fully saturated rings. The van der Waals surface area contributed by atoms with Crippen molar-refractivity contribution >= 4 is 27.3 Å². The van der Waals surface area contributed by atoms with Gasteiger partial charge < -0.3 is 10.1 Å². The molecule has 1 amide bonds. The summed E-state index contributed by atoms with van der Waals surface area (Å²) in [5, 5.41) is 2.82. The SMILES string of the molecule is CCN(c1ccc(C(=O)Nc2ccc(OC(C)C)cc2)cc1)S(=O)(=O)CC. The van der Waals surface area contributed by atoms with E-state index < -0.39 is 10.0 Å². The standard InChI is InChI=1S/C20H26N2O4S/c1-5-22(27(24,25)6-2)18-11-7-16(8-12-18)20(23)21-17-9-13-19(14-10-17)26-15(3)4/h7-15H,5-6H2,1-4H3,(H,21,23). The summed E-state index contributed by atoms with van der Waals surface area (Å²) in [4.78, 5) is 12.4. The predicted octanol–water partition coefficient (Wildman–Crippen LogP) is 3.90. The Morgan fingerprint density at radius 3 is 2.11 bits per heavy atom. The van der Waals surface area contributed by atoms with E-state index in [0.29, 0.717) is 23.5 Å². The number of sulfonamides is 1. The minimum absolute atomic E-state index is 0.0274. The first-order chi connectivity index (χ1) is 12.8. The maximum Gasteiger partial charge on any atom is 0.255 e. The molecule has 0 radical (unpaired) electrons. The second-order valence-corrected chi connectivity index (χ2v) is 8.44. The van der Waals surface area contributed by atoms with Crippen LogP contribution in [0.5, 0.6) is 5.75 Å². The first-order valence-corrected chi connectivity index (χ1v) is 10.6. The zero-order valence-corrected chi connectivity index (χ0v) is 16.9. The molecular weight excluding hydrogens is 364 g/mol. The normalized spacial score (nSPS) is 11.3. The molecule has 27 heavy (non-hydrogen) atoms. The van der Waals surface area contributed by atoms with Crippen molar-refractivity contribution in [1.29, 1.82) is 0 Å². The molecule has 0 atom stereocenters. The van der Waals surface area contributed by atoms with E-state index in [-0.39, 0.29) is 17.8 Å². The molecule has 0 aliphatic carbocycles. The van der Waals surface area contributed by atoms with Crippen LogP contribution in [0, 0.1) is 0 Å². The van der Waals surface area contributed by atoms with Crippen molar-refractivity contribution in [2.45, 2.75) is 33.8 Å². The van der Waals surface area contributed by atoms with Crippen LogP contribution in [0.25, 0.3) is 0 Å². The second kappa shape index (κ2) is 8.90. The summed E-state index contributed by atoms with van der Waals surface area (Å²) in [6.45, 7) is 7.62. The van der Waals surface area contributed by atoms with Crippen LogP contribution in [-0.2, 0) is 10.0 Å². The van der Waals surface area contributed by atoms with E-state index in [1.807, 2.05) is 13.8 Å². The second-order valence-electron chi connectivity index (χ2n) is 6.26. The van der Waals surface area contributed by atoms with Crippen molar-refractivity contribution in [3.63, 3.8) is 0 Å². The van der Waals surface area contributed by atoms with E-state index in [0.717, 1.165) is 5.75 Å². The van der Waals surface area contributed by atoms with Gasteiger partial charge in [-0.3, -0.25) is 9.10 Å². The summed E-state index contributed by atoms with van der Waals surface area (Å²) in [5.74, 6) is 0.504. The Morgan fingerprint density at radius 1 is 1.04 bits per heavy atom. The summed E-state index contributed by atoms with van der Waals surface area (Å²) in [6.07, 6.45) is 0.0863. The number of rotatable bonds is 8. The third kappa shape index (κ3) is 5.47. The Labute approximate surface area is 161 Å². The molecule has 1 N–H and O–H groups in total. The average Bonchev–Trinajstić information content (AvgIpc) is 2.64. The van der Waals surface area contributed by atoms with Crippen molar-refractivity contribution < 1.29 is 17.9 Å². The molecule has 0 saturated carbocycles. The Hall–Kier alpha value is -2.54. The Morgan fingerprint density at radius 2 is 1.63 bits per heavy atom. The fourth-order valence-electron chi connectivity index (χ4n) is 2.57. The van der Waals surface area contributed by atoms with Gasteiger partial charge >= 0.3 is 0 Å². The van der Waals surface area contributed by atoms with E-state index >= 15 is 0 Å². The van der Waals surface area contributed by atoms with E-state index in [4.69, 9.17) is 4.74 Å². The number of carbonyl (C=O) groups excluding carboxylic acids is 1. The highest BCUT2D eigenvalue weighted by molar-refractivity contribution is 7.92. The fourth-order valence-corrected chi connectivity index (χ4v) is 3.72. The number of carbonyl (C=O) groups is 1. The number of ether oxygens (including phenoxy) is 1. The smallest absolute Gasteiger partial charge is 0.255 e. The lowest BCUT2D eigenvalue weighted by atomic mass is 10.2. The van der Waals surface area contributed by atoms with Gasteiger partial charge in [0.1, 0.15) is 5.75 Å². The Balaban J connectivity index is 2.09. The monoisotopic (exact) mass is 390 g/mol. The molecule has 146 valence electrons. The molecule has 2 aromatic carbocycles. The van der Waals surface area contributed by atoms with Crippen LogP contribution in [0.4, 0.5) is 11.4 Å². The maximum absolute atomic E-state index is 12.4. The van der Waals surface area contributed by atoms with Crippen LogP contribution in [-0.4, -0.2) is 32.7 Å². The molecule has 6 nitrogen and oxygen atoms in total. The highest BCUT2D eigenvalue weighted by atomic mass is 32.2. The Kier molecular flexibility index (Phi) is 6.85. The lowest BCUT2D eigenvalue weighted by Crippen LogP contribution is -2.32. The Bertz CT molecular complexity index is 860. The molecule has 2 rings (SSSR count). The third-order valence-electron chi connectivity index (χ3n) is 3.89. The van der Waals surface area contributed by atoms with E-state index in [9.17, 15) is 13.2 Å². The van der Waals surface area contributed by atoms with Gasteiger partial charge in [0.05, 0.1) is 17.5 Å². The number of nitrogens with zero attached hydrogens (tertiary/aromatic N) is 1. The van der Waals surface area contributed by atoms with Crippen molar-refractivity contribution in [2.24, 2.45) is 0 Å². The van der Waals surface area contributed by atoms with Gasteiger partial charge in [-0.25, -0.2) is 8.42 Å². The van der Waals surface area contributed by atoms with Crippen LogP contribution in [0.15, 0.2) is 48.5 Å². The molecule has 7 heteroatoms. The van der Waals surface area contributed by atoms with Crippen LogP contribution in [0.1, 0.15) is 38.1 Å². The van der Waals surface area contributed by atoms with Gasteiger partial charge in [-0.05, 0) is 76.2 Å². The molecule has 0 aromatic heterocycles. The van der Waals surface area contributed by atoms with Gasteiger partial charge in [0.15, 0.2) is 0 Å². The summed E-state index contributed by atoms with van der Waals surface area (Å²) < 4.78 is 31.2. The zero-order chi connectivity index (χ0) is 20.0. The van der Waals surface area contributed by atoms with Crippen LogP contribution >= 0.6 is 0 Å². The molecule has 0 spiro atoms. The molecule has 0 bridgehead atoms. The summed E-state index contributed by atoms with van der Waals surface area (Å²) in [5.41, 5.74) is 1.65. The third-order valence-corrected chi connectivity index (χ3v) is 5.76.